The van der Waals surface area contributed by atoms with Gasteiger partial charge in [-0.15, -0.1) is 0 Å². The van der Waals surface area contributed by atoms with Crippen LogP contribution >= 0.6 is 0 Å². The van der Waals surface area contributed by atoms with Crippen molar-refractivity contribution in [3.8, 4) is 22.6 Å². The number of carbonyl (C=O) groups is 1. The summed E-state index contributed by atoms with van der Waals surface area (Å²) in [6.07, 6.45) is 18.6. The minimum absolute atomic E-state index is 0.182. The summed E-state index contributed by atoms with van der Waals surface area (Å²) in [7, 11) is 0. The Balaban J connectivity index is 1.43. The standard InChI is InChI=1S/C38H50F2O3/c1-3-5-7-9-11-12-13-14-16-18-31-23-25-34(29-35(31)39)43-38(41)32-21-19-30(20-22-32)33-24-26-37(36(40)28-33)42-27-17-15-10-8-6-4-2/h19-26,28-29H,3-18,27H2,1-2H3. The van der Waals surface area contributed by atoms with Gasteiger partial charge in [0.15, 0.2) is 11.6 Å². The lowest BCUT2D eigenvalue weighted by Gasteiger charge is -2.10. The van der Waals surface area contributed by atoms with Gasteiger partial charge in [-0.25, -0.2) is 13.6 Å². The third-order valence-corrected chi connectivity index (χ3v) is 7.93. The van der Waals surface area contributed by atoms with Gasteiger partial charge in [-0.05, 0) is 66.3 Å². The quantitative estimate of drug-likeness (QED) is 0.0701. The van der Waals surface area contributed by atoms with E-state index in [2.05, 4.69) is 13.8 Å². The van der Waals surface area contributed by atoms with Crippen molar-refractivity contribution in [2.24, 2.45) is 0 Å². The third-order valence-electron chi connectivity index (χ3n) is 7.93. The molecule has 3 nitrogen and oxygen atoms in total. The van der Waals surface area contributed by atoms with Gasteiger partial charge in [0.2, 0.25) is 0 Å². The summed E-state index contributed by atoms with van der Waals surface area (Å²) >= 11 is 0. The van der Waals surface area contributed by atoms with Crippen LogP contribution in [0.2, 0.25) is 0 Å². The first-order valence-electron chi connectivity index (χ1n) is 16.5. The summed E-state index contributed by atoms with van der Waals surface area (Å²) in [4.78, 5) is 12.7. The van der Waals surface area contributed by atoms with E-state index in [0.717, 1.165) is 31.2 Å². The second-order valence-corrected chi connectivity index (χ2v) is 11.6. The zero-order valence-corrected chi connectivity index (χ0v) is 26.3. The SMILES string of the molecule is CCCCCCCCCCCc1ccc(OC(=O)c2ccc(-c3ccc(OCCCCCCCC)c(F)c3)cc2)cc1F. The Labute approximate surface area is 258 Å². The van der Waals surface area contributed by atoms with Gasteiger partial charge >= 0.3 is 5.97 Å². The molecule has 0 N–H and O–H groups in total. The van der Waals surface area contributed by atoms with Crippen LogP contribution in [0, 0.1) is 11.6 Å². The van der Waals surface area contributed by atoms with Gasteiger partial charge in [-0.2, -0.15) is 0 Å². The molecule has 0 aliphatic carbocycles. The van der Waals surface area contributed by atoms with E-state index in [-0.39, 0.29) is 17.3 Å². The molecule has 0 aliphatic rings. The highest BCUT2D eigenvalue weighted by atomic mass is 19.1. The lowest BCUT2D eigenvalue weighted by molar-refractivity contribution is 0.0734. The van der Waals surface area contributed by atoms with E-state index < -0.39 is 11.8 Å². The molecule has 0 aliphatic heterocycles. The van der Waals surface area contributed by atoms with Crippen molar-refractivity contribution in [3.05, 3.63) is 83.4 Å². The van der Waals surface area contributed by atoms with Crippen LogP contribution < -0.4 is 9.47 Å². The number of aryl methyl sites for hydroxylation is 1. The van der Waals surface area contributed by atoms with E-state index in [1.165, 1.54) is 82.8 Å². The average molecular weight is 593 g/mol. The Morgan fingerprint density at radius 2 is 1.19 bits per heavy atom. The maximum Gasteiger partial charge on any atom is 0.343 e. The predicted octanol–water partition coefficient (Wildman–Crippen LogP) is 11.7. The molecule has 0 bridgehead atoms. The van der Waals surface area contributed by atoms with Crippen molar-refractivity contribution in [2.45, 2.75) is 117 Å². The zero-order valence-electron chi connectivity index (χ0n) is 26.3. The molecular formula is C38H50F2O3. The van der Waals surface area contributed by atoms with Gasteiger partial charge in [-0.1, -0.05) is 122 Å². The number of ether oxygens (including phenoxy) is 2. The zero-order chi connectivity index (χ0) is 30.7. The summed E-state index contributed by atoms with van der Waals surface area (Å²) in [5, 5.41) is 0. The largest absolute Gasteiger partial charge is 0.491 e. The Kier molecular flexibility index (Phi) is 15.8. The van der Waals surface area contributed by atoms with Crippen molar-refractivity contribution in [2.75, 3.05) is 6.61 Å². The van der Waals surface area contributed by atoms with E-state index >= 15 is 0 Å². The molecule has 43 heavy (non-hydrogen) atoms. The van der Waals surface area contributed by atoms with E-state index in [9.17, 15) is 13.6 Å². The van der Waals surface area contributed by atoms with Crippen LogP contribution in [-0.4, -0.2) is 12.6 Å². The molecule has 0 radical (unpaired) electrons. The number of unbranched alkanes of at least 4 members (excludes halogenated alkanes) is 13. The molecule has 0 fully saturated rings. The van der Waals surface area contributed by atoms with Gasteiger partial charge in [-0.3, -0.25) is 0 Å². The van der Waals surface area contributed by atoms with Gasteiger partial charge in [0, 0.05) is 6.07 Å². The van der Waals surface area contributed by atoms with Crippen LogP contribution in [0.3, 0.4) is 0 Å². The minimum Gasteiger partial charge on any atom is -0.491 e. The van der Waals surface area contributed by atoms with Gasteiger partial charge < -0.3 is 9.47 Å². The maximum atomic E-state index is 14.7. The maximum absolute atomic E-state index is 14.7. The molecule has 3 aromatic rings. The fourth-order valence-electron chi connectivity index (χ4n) is 5.25. The van der Waals surface area contributed by atoms with Crippen molar-refractivity contribution in [1.29, 1.82) is 0 Å². The van der Waals surface area contributed by atoms with Crippen LogP contribution in [0.4, 0.5) is 8.78 Å². The molecule has 0 spiro atoms. The van der Waals surface area contributed by atoms with E-state index in [1.54, 1.807) is 42.5 Å². The summed E-state index contributed by atoms with van der Waals surface area (Å²) in [6.45, 7) is 4.93. The Bertz CT molecular complexity index is 1220. The first kappa shape index (κ1) is 34.3. The summed E-state index contributed by atoms with van der Waals surface area (Å²) in [6, 6.07) is 16.3. The molecule has 0 aromatic heterocycles. The number of rotatable bonds is 21. The lowest BCUT2D eigenvalue weighted by atomic mass is 10.0. The van der Waals surface area contributed by atoms with Crippen molar-refractivity contribution >= 4 is 5.97 Å². The molecule has 0 saturated heterocycles. The predicted molar refractivity (Wildman–Crippen MR) is 173 cm³/mol. The number of hydrogen-bond donors (Lipinski definition) is 0. The van der Waals surface area contributed by atoms with Crippen LogP contribution in [0.1, 0.15) is 126 Å². The van der Waals surface area contributed by atoms with Gasteiger partial charge in [0.25, 0.3) is 0 Å². The van der Waals surface area contributed by atoms with Gasteiger partial charge in [0.05, 0.1) is 12.2 Å². The van der Waals surface area contributed by atoms with E-state index in [0.29, 0.717) is 29.7 Å². The summed E-state index contributed by atoms with van der Waals surface area (Å²) < 4.78 is 40.4. The summed E-state index contributed by atoms with van der Waals surface area (Å²) in [5.41, 5.74) is 2.44. The fourth-order valence-corrected chi connectivity index (χ4v) is 5.25. The topological polar surface area (TPSA) is 35.5 Å². The number of benzene rings is 3. The lowest BCUT2D eigenvalue weighted by Crippen LogP contribution is -2.08. The van der Waals surface area contributed by atoms with Crippen LogP contribution in [0.25, 0.3) is 11.1 Å². The number of carbonyl (C=O) groups excluding carboxylic acids is 1. The molecule has 0 unspecified atom stereocenters. The first-order valence-corrected chi connectivity index (χ1v) is 16.5. The highest BCUT2D eigenvalue weighted by Crippen LogP contribution is 2.27. The Morgan fingerprint density at radius 3 is 1.79 bits per heavy atom. The average Bonchev–Trinajstić information content (AvgIpc) is 3.01. The van der Waals surface area contributed by atoms with E-state index in [1.807, 2.05) is 6.07 Å². The highest BCUT2D eigenvalue weighted by molar-refractivity contribution is 5.91. The normalized spacial score (nSPS) is 11.1. The van der Waals surface area contributed by atoms with E-state index in [4.69, 9.17) is 9.47 Å². The molecule has 0 amide bonds. The van der Waals surface area contributed by atoms with Crippen LogP contribution in [0.15, 0.2) is 60.7 Å². The molecule has 0 atom stereocenters. The second-order valence-electron chi connectivity index (χ2n) is 11.6. The minimum atomic E-state index is -0.567. The monoisotopic (exact) mass is 592 g/mol. The second kappa shape index (κ2) is 19.9. The number of halogens is 2. The number of hydrogen-bond acceptors (Lipinski definition) is 3. The number of esters is 1. The molecule has 3 aromatic carbocycles. The fraction of sp³-hybridized carbons (Fsp3) is 0.500. The van der Waals surface area contributed by atoms with Crippen LogP contribution in [0.5, 0.6) is 11.5 Å². The van der Waals surface area contributed by atoms with Crippen LogP contribution in [-0.2, 0) is 6.42 Å². The Morgan fingerprint density at radius 1 is 0.605 bits per heavy atom. The van der Waals surface area contributed by atoms with Gasteiger partial charge in [0.1, 0.15) is 11.6 Å². The molecule has 0 saturated carbocycles. The molecule has 3 rings (SSSR count). The molecule has 5 heteroatoms. The summed E-state index contributed by atoms with van der Waals surface area (Å²) in [5.74, 6) is -0.885. The Hall–Kier alpha value is -3.21. The molecule has 234 valence electrons. The molecular weight excluding hydrogens is 542 g/mol. The first-order chi connectivity index (χ1) is 21.0. The third kappa shape index (κ3) is 12.5. The highest BCUT2D eigenvalue weighted by Gasteiger charge is 2.12. The smallest absolute Gasteiger partial charge is 0.343 e. The van der Waals surface area contributed by atoms with Crippen molar-refractivity contribution in [1.82, 2.24) is 0 Å². The molecule has 0 heterocycles. The van der Waals surface area contributed by atoms with Crippen molar-refractivity contribution in [3.63, 3.8) is 0 Å². The van der Waals surface area contributed by atoms with Crippen molar-refractivity contribution < 1.29 is 23.0 Å².